The highest BCUT2D eigenvalue weighted by molar-refractivity contribution is 7.52. The molecule has 3 amide bonds. The predicted molar refractivity (Wildman–Crippen MR) is 261 cm³/mol. The van der Waals surface area contributed by atoms with E-state index < -0.39 is 37.6 Å². The van der Waals surface area contributed by atoms with E-state index in [-0.39, 0.29) is 71.5 Å². The van der Waals surface area contributed by atoms with Gasteiger partial charge in [0.25, 0.3) is 11.8 Å². The van der Waals surface area contributed by atoms with Gasteiger partial charge in [-0.2, -0.15) is 0 Å². The largest absolute Gasteiger partial charge is 0.462 e. The lowest BCUT2D eigenvalue weighted by Crippen LogP contribution is -2.33. The fourth-order valence-electron chi connectivity index (χ4n) is 7.67. The summed E-state index contributed by atoms with van der Waals surface area (Å²) in [7, 11) is -3.65. The van der Waals surface area contributed by atoms with Crippen molar-refractivity contribution in [3.63, 3.8) is 0 Å². The van der Waals surface area contributed by atoms with Crippen LogP contribution in [0.2, 0.25) is 0 Å². The number of carbonyl (C=O) groups excluding carboxylic acids is 5. The van der Waals surface area contributed by atoms with Crippen LogP contribution in [0.3, 0.4) is 0 Å². The Labute approximate surface area is 400 Å². The highest BCUT2D eigenvalue weighted by Crippen LogP contribution is 2.43. The topological polar surface area (TPSA) is 173 Å². The summed E-state index contributed by atoms with van der Waals surface area (Å²) in [5.41, 5.74) is 0. The zero-order chi connectivity index (χ0) is 48.2. The summed E-state index contributed by atoms with van der Waals surface area (Å²) >= 11 is 0. The standard InChI is InChI=1S/C51H93N2O12P/c1-4-6-8-10-12-14-16-18-20-22-24-26-28-30-32-34-49(56)62-44-46(65-50(57)35-33-31-29-27-25-23-21-19-17-15-13-11-9-7-5-2)45-64-66(3,59)63-40-38-52-51(58)61-43-42-60-41-39-53-47(54)36-37-48(53)55/h36-37,46H,4-35,38-45H2,1-3H3,(H,52,58). The number of ether oxygens (including phenoxy) is 4. The maximum absolute atomic E-state index is 13.1. The van der Waals surface area contributed by atoms with E-state index in [4.69, 9.17) is 28.0 Å². The summed E-state index contributed by atoms with van der Waals surface area (Å²) in [6.45, 7) is 5.30. The fraction of sp³-hybridized carbons (Fsp3) is 0.863. The molecule has 0 aliphatic carbocycles. The van der Waals surface area contributed by atoms with Crippen molar-refractivity contribution in [3.05, 3.63) is 12.2 Å². The number of alkyl carbamates (subject to hydrolysis) is 1. The van der Waals surface area contributed by atoms with Crippen molar-refractivity contribution in [1.82, 2.24) is 10.2 Å². The molecule has 0 fully saturated rings. The predicted octanol–water partition coefficient (Wildman–Crippen LogP) is 12.5. The van der Waals surface area contributed by atoms with Crippen molar-refractivity contribution < 1.29 is 56.5 Å². The van der Waals surface area contributed by atoms with Crippen LogP contribution in [0.25, 0.3) is 0 Å². The highest BCUT2D eigenvalue weighted by Gasteiger charge is 2.25. The molecule has 0 aromatic carbocycles. The molecule has 0 saturated heterocycles. The number of esters is 2. The number of nitrogens with one attached hydrogen (secondary N) is 1. The molecule has 384 valence electrons. The zero-order valence-electron chi connectivity index (χ0n) is 41.8. The Hall–Kier alpha value is -2.80. The number of carbonyl (C=O) groups is 5. The Morgan fingerprint density at radius 3 is 1.41 bits per heavy atom. The van der Waals surface area contributed by atoms with Gasteiger partial charge in [0.1, 0.15) is 13.2 Å². The molecule has 0 saturated carbocycles. The molecule has 0 spiro atoms. The molecule has 1 aliphatic rings. The maximum atomic E-state index is 13.1. The molecular weight excluding hydrogens is 864 g/mol. The summed E-state index contributed by atoms with van der Waals surface area (Å²) in [5, 5.41) is 2.48. The van der Waals surface area contributed by atoms with Crippen LogP contribution in [0, 0.1) is 0 Å². The van der Waals surface area contributed by atoms with Crippen molar-refractivity contribution in [3.8, 4) is 0 Å². The molecule has 66 heavy (non-hydrogen) atoms. The summed E-state index contributed by atoms with van der Waals surface area (Å²) in [4.78, 5) is 61.7. The van der Waals surface area contributed by atoms with Gasteiger partial charge in [0.05, 0.1) is 33.0 Å². The lowest BCUT2D eigenvalue weighted by molar-refractivity contribution is -0.161. The van der Waals surface area contributed by atoms with Crippen molar-refractivity contribution in [2.24, 2.45) is 0 Å². The van der Waals surface area contributed by atoms with E-state index in [0.29, 0.717) is 6.42 Å². The molecular formula is C51H93N2O12P. The van der Waals surface area contributed by atoms with Crippen molar-refractivity contribution in [2.45, 2.75) is 225 Å². The lowest BCUT2D eigenvalue weighted by Gasteiger charge is -2.21. The van der Waals surface area contributed by atoms with Gasteiger partial charge in [-0.1, -0.05) is 194 Å². The average Bonchev–Trinajstić information content (AvgIpc) is 3.62. The molecule has 2 unspecified atom stereocenters. The molecule has 0 aromatic rings. The third kappa shape index (κ3) is 38.2. The number of nitrogens with zero attached hydrogens (tertiary/aromatic N) is 1. The van der Waals surface area contributed by atoms with Crippen LogP contribution in [-0.4, -0.2) is 100 Å². The van der Waals surface area contributed by atoms with Crippen LogP contribution >= 0.6 is 7.60 Å². The van der Waals surface area contributed by atoms with Gasteiger partial charge in [-0.15, -0.1) is 0 Å². The Morgan fingerprint density at radius 1 is 0.530 bits per heavy atom. The number of hydrogen-bond donors (Lipinski definition) is 1. The van der Waals surface area contributed by atoms with E-state index in [0.717, 1.165) is 43.4 Å². The zero-order valence-corrected chi connectivity index (χ0v) is 42.7. The van der Waals surface area contributed by atoms with Crippen LogP contribution in [0.15, 0.2) is 12.2 Å². The smallest absolute Gasteiger partial charge is 0.407 e. The number of hydrogen-bond acceptors (Lipinski definition) is 12. The van der Waals surface area contributed by atoms with E-state index in [1.54, 1.807) is 0 Å². The van der Waals surface area contributed by atoms with Gasteiger partial charge in [0.2, 0.25) is 0 Å². The molecule has 1 heterocycles. The second-order valence-corrected chi connectivity index (χ2v) is 20.0. The summed E-state index contributed by atoms with van der Waals surface area (Å²) in [6, 6.07) is 0. The molecule has 1 aliphatic heterocycles. The molecule has 0 bridgehead atoms. The lowest BCUT2D eigenvalue weighted by atomic mass is 10.0. The first kappa shape index (κ1) is 61.2. The third-order valence-corrected chi connectivity index (χ3v) is 13.0. The van der Waals surface area contributed by atoms with E-state index in [9.17, 15) is 28.5 Å². The number of imide groups is 1. The minimum absolute atomic E-state index is 0.0261. The Bertz CT molecular complexity index is 1310. The fourth-order valence-corrected chi connectivity index (χ4v) is 8.61. The van der Waals surface area contributed by atoms with Crippen LogP contribution in [0.1, 0.15) is 219 Å². The Kier molecular flexibility index (Phi) is 40.3. The van der Waals surface area contributed by atoms with E-state index in [1.165, 1.54) is 166 Å². The minimum Gasteiger partial charge on any atom is -0.462 e. The van der Waals surface area contributed by atoms with Gasteiger partial charge >= 0.3 is 25.6 Å². The third-order valence-electron chi connectivity index (χ3n) is 11.7. The van der Waals surface area contributed by atoms with Crippen molar-refractivity contribution in [1.29, 1.82) is 0 Å². The molecule has 14 nitrogen and oxygen atoms in total. The van der Waals surface area contributed by atoms with E-state index in [1.807, 2.05) is 0 Å². The van der Waals surface area contributed by atoms with Gasteiger partial charge in [0.15, 0.2) is 6.10 Å². The van der Waals surface area contributed by atoms with E-state index in [2.05, 4.69) is 19.2 Å². The van der Waals surface area contributed by atoms with Gasteiger partial charge in [-0.3, -0.25) is 28.6 Å². The maximum Gasteiger partial charge on any atom is 0.407 e. The molecule has 1 N–H and O–H groups in total. The highest BCUT2D eigenvalue weighted by atomic mass is 31.2. The minimum atomic E-state index is -3.65. The monoisotopic (exact) mass is 957 g/mol. The van der Waals surface area contributed by atoms with Crippen molar-refractivity contribution in [2.75, 3.05) is 59.4 Å². The quantitative estimate of drug-likeness (QED) is 0.0201. The van der Waals surface area contributed by atoms with E-state index >= 15 is 0 Å². The summed E-state index contributed by atoms with van der Waals surface area (Å²) < 4.78 is 45.6. The van der Waals surface area contributed by atoms with Crippen molar-refractivity contribution >= 4 is 37.4 Å². The average molecular weight is 957 g/mol. The molecule has 1 rings (SSSR count). The first-order valence-corrected chi connectivity index (χ1v) is 28.3. The van der Waals surface area contributed by atoms with Crippen LogP contribution in [-0.2, 0) is 51.7 Å². The number of unbranched alkanes of at least 4 members (excludes halogenated alkanes) is 28. The first-order valence-electron chi connectivity index (χ1n) is 26.3. The Balaban J connectivity index is 2.35. The second kappa shape index (κ2) is 43.5. The number of rotatable bonds is 48. The van der Waals surface area contributed by atoms with Gasteiger partial charge in [-0.05, 0) is 12.8 Å². The molecule has 2 atom stereocenters. The number of amides is 3. The molecule has 15 heteroatoms. The molecule has 0 radical (unpaired) electrons. The normalized spacial score (nSPS) is 13.8. The second-order valence-electron chi connectivity index (χ2n) is 17.9. The van der Waals surface area contributed by atoms with Gasteiger partial charge in [0, 0.05) is 38.2 Å². The first-order chi connectivity index (χ1) is 32.1. The summed E-state index contributed by atoms with van der Waals surface area (Å²) in [5.74, 6) is -1.59. The SMILES string of the molecule is CCCCCCCCCCCCCCCCCC(=O)OCC(COP(C)(=O)OCCNC(=O)OCCOCCN1C(=O)C=CC1=O)OC(=O)CCCCCCCCCCCCCCCCC. The van der Waals surface area contributed by atoms with Crippen LogP contribution in [0.5, 0.6) is 0 Å². The van der Waals surface area contributed by atoms with Crippen LogP contribution in [0.4, 0.5) is 4.79 Å². The molecule has 0 aromatic heterocycles. The summed E-state index contributed by atoms with van der Waals surface area (Å²) in [6.07, 6.45) is 38.2. The van der Waals surface area contributed by atoms with Gasteiger partial charge < -0.3 is 33.3 Å². The Morgan fingerprint density at radius 2 is 0.955 bits per heavy atom. The van der Waals surface area contributed by atoms with Crippen LogP contribution < -0.4 is 5.32 Å². The van der Waals surface area contributed by atoms with Gasteiger partial charge in [-0.25, -0.2) is 4.79 Å².